The Hall–Kier alpha value is -2.21. The lowest BCUT2D eigenvalue weighted by Crippen LogP contribution is -2.57. The number of benzene rings is 1. The molecule has 6 heteroatoms. The normalized spacial score (nSPS) is 14.9. The van der Waals surface area contributed by atoms with E-state index in [0.29, 0.717) is 11.4 Å². The molecule has 0 aliphatic carbocycles. The molecule has 1 N–H and O–H groups in total. The van der Waals surface area contributed by atoms with E-state index in [1.807, 2.05) is 6.07 Å². The molecular weight excluding hydrogens is 268 g/mol. The summed E-state index contributed by atoms with van der Waals surface area (Å²) < 4.78 is 0. The van der Waals surface area contributed by atoms with Gasteiger partial charge in [0.25, 0.3) is 5.69 Å². The topological polar surface area (TPSA) is 71.3 Å². The molecule has 0 unspecified atom stereocenters. The van der Waals surface area contributed by atoms with Gasteiger partial charge in [0.1, 0.15) is 0 Å². The number of aromatic nitrogens is 1. The van der Waals surface area contributed by atoms with Crippen LogP contribution in [0.3, 0.4) is 0 Å². The highest BCUT2D eigenvalue weighted by molar-refractivity contribution is 5.99. The standard InChI is InChI=1S/C15H18N4O2/c1-2-7-18(11-8-17-9-11)14-3-4-15(19(20)21)12-5-6-16-10-13(12)14/h3-6,10-11,17H,2,7-9H2,1H3. The molecule has 1 aromatic heterocycles. The molecule has 1 fully saturated rings. The van der Waals surface area contributed by atoms with Gasteiger partial charge in [-0.25, -0.2) is 0 Å². The fraction of sp³-hybridized carbons (Fsp3) is 0.400. The zero-order valence-corrected chi connectivity index (χ0v) is 12.0. The number of hydrogen-bond acceptors (Lipinski definition) is 5. The van der Waals surface area contributed by atoms with Gasteiger partial charge in [-0.15, -0.1) is 0 Å². The Balaban J connectivity index is 2.13. The fourth-order valence-corrected chi connectivity index (χ4v) is 2.80. The van der Waals surface area contributed by atoms with Crippen molar-refractivity contribution in [3.63, 3.8) is 0 Å². The van der Waals surface area contributed by atoms with Crippen LogP contribution >= 0.6 is 0 Å². The van der Waals surface area contributed by atoms with E-state index in [2.05, 4.69) is 22.1 Å². The zero-order chi connectivity index (χ0) is 14.8. The average Bonchev–Trinajstić information content (AvgIpc) is 2.43. The van der Waals surface area contributed by atoms with Crippen molar-refractivity contribution in [3.05, 3.63) is 40.7 Å². The Morgan fingerprint density at radius 1 is 1.38 bits per heavy atom. The third-order valence-electron chi connectivity index (χ3n) is 3.94. The fourth-order valence-electron chi connectivity index (χ4n) is 2.80. The Labute approximate surface area is 122 Å². The molecule has 0 bridgehead atoms. The zero-order valence-electron chi connectivity index (χ0n) is 12.0. The molecule has 1 aliphatic heterocycles. The van der Waals surface area contributed by atoms with Gasteiger partial charge in [-0.05, 0) is 18.6 Å². The van der Waals surface area contributed by atoms with E-state index in [0.717, 1.165) is 37.1 Å². The van der Waals surface area contributed by atoms with Gasteiger partial charge in [0.05, 0.1) is 16.4 Å². The summed E-state index contributed by atoms with van der Waals surface area (Å²) >= 11 is 0. The van der Waals surface area contributed by atoms with Crippen molar-refractivity contribution < 1.29 is 4.92 Å². The summed E-state index contributed by atoms with van der Waals surface area (Å²) in [5.41, 5.74) is 1.18. The maximum atomic E-state index is 11.2. The number of nitro groups is 1. The van der Waals surface area contributed by atoms with Crippen LogP contribution in [0.5, 0.6) is 0 Å². The van der Waals surface area contributed by atoms with Gasteiger partial charge in [0.15, 0.2) is 0 Å². The SMILES string of the molecule is CCCN(c1ccc([N+](=O)[O-])c2ccncc12)C1CNC1. The van der Waals surface area contributed by atoms with E-state index in [1.54, 1.807) is 24.5 Å². The number of nitrogens with one attached hydrogen (secondary N) is 1. The first-order valence-corrected chi connectivity index (χ1v) is 7.21. The van der Waals surface area contributed by atoms with E-state index in [1.165, 1.54) is 0 Å². The Morgan fingerprint density at radius 2 is 2.19 bits per heavy atom. The summed E-state index contributed by atoms with van der Waals surface area (Å²) in [6.07, 6.45) is 4.37. The molecule has 1 saturated heterocycles. The summed E-state index contributed by atoms with van der Waals surface area (Å²) in [6, 6.07) is 5.64. The van der Waals surface area contributed by atoms with Crippen molar-refractivity contribution in [1.29, 1.82) is 0 Å². The van der Waals surface area contributed by atoms with Gasteiger partial charge in [0.2, 0.25) is 0 Å². The monoisotopic (exact) mass is 286 g/mol. The van der Waals surface area contributed by atoms with Crippen LogP contribution in [0.25, 0.3) is 10.8 Å². The third-order valence-corrected chi connectivity index (χ3v) is 3.94. The van der Waals surface area contributed by atoms with Gasteiger partial charge in [-0.1, -0.05) is 6.92 Å². The van der Waals surface area contributed by atoms with Gasteiger partial charge in [-0.2, -0.15) is 0 Å². The molecular formula is C15H18N4O2. The molecule has 21 heavy (non-hydrogen) atoms. The molecule has 3 rings (SSSR count). The molecule has 0 amide bonds. The van der Waals surface area contributed by atoms with Crippen molar-refractivity contribution in [2.45, 2.75) is 19.4 Å². The first kappa shape index (κ1) is 13.8. The van der Waals surface area contributed by atoms with Crippen LogP contribution in [0.4, 0.5) is 11.4 Å². The molecule has 2 aromatic rings. The quantitative estimate of drug-likeness (QED) is 0.674. The molecule has 6 nitrogen and oxygen atoms in total. The average molecular weight is 286 g/mol. The minimum atomic E-state index is -0.332. The van der Waals surface area contributed by atoms with Gasteiger partial charge in [0, 0.05) is 49.2 Å². The number of anilines is 1. The molecule has 1 aromatic carbocycles. The lowest BCUT2D eigenvalue weighted by molar-refractivity contribution is -0.383. The van der Waals surface area contributed by atoms with Gasteiger partial charge in [-0.3, -0.25) is 15.1 Å². The number of hydrogen-bond donors (Lipinski definition) is 1. The van der Waals surface area contributed by atoms with E-state index in [4.69, 9.17) is 0 Å². The van der Waals surface area contributed by atoms with Crippen molar-refractivity contribution in [2.75, 3.05) is 24.5 Å². The molecule has 0 spiro atoms. The summed E-state index contributed by atoms with van der Waals surface area (Å²) in [7, 11) is 0. The van der Waals surface area contributed by atoms with Crippen LogP contribution in [-0.2, 0) is 0 Å². The number of non-ortho nitro benzene ring substituents is 1. The second kappa shape index (κ2) is 5.65. The number of nitrogens with zero attached hydrogens (tertiary/aromatic N) is 3. The summed E-state index contributed by atoms with van der Waals surface area (Å²) in [6.45, 7) is 5.00. The summed E-state index contributed by atoms with van der Waals surface area (Å²) in [4.78, 5) is 17.3. The van der Waals surface area contributed by atoms with Crippen LogP contribution in [0.1, 0.15) is 13.3 Å². The minimum absolute atomic E-state index is 0.138. The highest BCUT2D eigenvalue weighted by Gasteiger charge is 2.26. The highest BCUT2D eigenvalue weighted by atomic mass is 16.6. The predicted octanol–water partition coefficient (Wildman–Crippen LogP) is 2.33. The lowest BCUT2D eigenvalue weighted by atomic mass is 10.0. The number of nitro benzene ring substituents is 1. The maximum Gasteiger partial charge on any atom is 0.277 e. The first-order valence-electron chi connectivity index (χ1n) is 7.21. The largest absolute Gasteiger partial charge is 0.365 e. The Morgan fingerprint density at radius 3 is 2.81 bits per heavy atom. The van der Waals surface area contributed by atoms with Crippen molar-refractivity contribution in [2.24, 2.45) is 0 Å². The van der Waals surface area contributed by atoms with Crippen LogP contribution in [0.15, 0.2) is 30.6 Å². The molecule has 0 radical (unpaired) electrons. The van der Waals surface area contributed by atoms with Gasteiger partial charge >= 0.3 is 0 Å². The molecule has 110 valence electrons. The first-order chi connectivity index (χ1) is 10.2. The predicted molar refractivity (Wildman–Crippen MR) is 82.7 cm³/mol. The van der Waals surface area contributed by atoms with E-state index >= 15 is 0 Å². The Kier molecular flexibility index (Phi) is 3.70. The van der Waals surface area contributed by atoms with Crippen molar-refractivity contribution in [3.8, 4) is 0 Å². The second-order valence-corrected chi connectivity index (χ2v) is 5.29. The molecule has 2 heterocycles. The number of pyridine rings is 1. The van der Waals surface area contributed by atoms with Crippen LogP contribution in [0.2, 0.25) is 0 Å². The third kappa shape index (κ3) is 2.42. The highest BCUT2D eigenvalue weighted by Crippen LogP contribution is 2.34. The van der Waals surface area contributed by atoms with Gasteiger partial charge < -0.3 is 10.2 Å². The second-order valence-electron chi connectivity index (χ2n) is 5.29. The molecule has 0 saturated carbocycles. The smallest absolute Gasteiger partial charge is 0.277 e. The Bertz CT molecular complexity index is 670. The van der Waals surface area contributed by atoms with Crippen molar-refractivity contribution >= 4 is 22.1 Å². The molecule has 0 atom stereocenters. The number of fused-ring (bicyclic) bond motifs is 1. The van der Waals surface area contributed by atoms with E-state index in [9.17, 15) is 10.1 Å². The summed E-state index contributed by atoms with van der Waals surface area (Å²) in [5.74, 6) is 0. The van der Waals surface area contributed by atoms with E-state index in [-0.39, 0.29) is 10.6 Å². The minimum Gasteiger partial charge on any atom is -0.365 e. The van der Waals surface area contributed by atoms with Crippen LogP contribution < -0.4 is 10.2 Å². The van der Waals surface area contributed by atoms with Crippen LogP contribution in [-0.4, -0.2) is 35.6 Å². The number of rotatable bonds is 5. The van der Waals surface area contributed by atoms with Crippen molar-refractivity contribution in [1.82, 2.24) is 10.3 Å². The lowest BCUT2D eigenvalue weighted by Gasteiger charge is -2.40. The maximum absolute atomic E-state index is 11.2. The van der Waals surface area contributed by atoms with E-state index < -0.39 is 0 Å². The molecule has 1 aliphatic rings. The van der Waals surface area contributed by atoms with Crippen LogP contribution in [0, 0.1) is 10.1 Å². The summed E-state index contributed by atoms with van der Waals surface area (Å²) in [5, 5.41) is 16.0.